The van der Waals surface area contributed by atoms with Crippen LogP contribution in [0.2, 0.25) is 0 Å². The fourth-order valence-electron chi connectivity index (χ4n) is 1.60. The number of carbonyl (C=O) groups excluding carboxylic acids is 1. The quantitative estimate of drug-likeness (QED) is 0.793. The van der Waals surface area contributed by atoms with Crippen LogP contribution < -0.4 is 5.32 Å². The van der Waals surface area contributed by atoms with Gasteiger partial charge in [0, 0.05) is 8.95 Å². The third-order valence-corrected chi connectivity index (χ3v) is 4.98. The molecule has 0 saturated heterocycles. The Kier molecular flexibility index (Phi) is 4.57. The molecule has 5 heteroatoms. The van der Waals surface area contributed by atoms with Crippen molar-refractivity contribution in [3.63, 3.8) is 0 Å². The Morgan fingerprint density at radius 2 is 2.16 bits per heavy atom. The van der Waals surface area contributed by atoms with Gasteiger partial charge in [-0.3, -0.25) is 10.1 Å². The number of rotatable bonds is 3. The Hall–Kier alpha value is -0.950. The number of halogens is 1. The van der Waals surface area contributed by atoms with Gasteiger partial charge in [0.2, 0.25) is 0 Å². The summed E-state index contributed by atoms with van der Waals surface area (Å²) in [5.41, 5.74) is 2.82. The molecule has 2 rings (SSSR count). The number of amides is 1. The number of aryl methyl sites for hydroxylation is 1. The summed E-state index contributed by atoms with van der Waals surface area (Å²) < 4.78 is 0.984. The average Bonchev–Trinajstić information content (AvgIpc) is 2.81. The zero-order valence-electron chi connectivity index (χ0n) is 11.0. The summed E-state index contributed by atoms with van der Waals surface area (Å²) in [4.78, 5) is 16.6. The van der Waals surface area contributed by atoms with Gasteiger partial charge in [0.15, 0.2) is 5.13 Å². The van der Waals surface area contributed by atoms with Gasteiger partial charge < -0.3 is 0 Å². The molecule has 1 heterocycles. The number of hydrogen-bond acceptors (Lipinski definition) is 3. The molecule has 100 valence electrons. The van der Waals surface area contributed by atoms with Crippen LogP contribution in [0.15, 0.2) is 23.6 Å². The molecule has 0 atom stereocenters. The SMILES string of the molecule is Cc1cccc(C(=O)Nc2nc(C(C)C)cs2)c1I. The first-order valence-corrected chi connectivity index (χ1v) is 7.96. The standard InChI is InChI=1S/C14H15IN2OS/c1-8(2)11-7-19-14(16-11)17-13(18)10-6-4-5-9(3)12(10)15/h4-8H,1-3H3,(H,16,17,18). The van der Waals surface area contributed by atoms with Crippen LogP contribution in [-0.4, -0.2) is 10.9 Å². The molecular formula is C14H15IN2OS. The zero-order valence-corrected chi connectivity index (χ0v) is 14.0. The van der Waals surface area contributed by atoms with Crippen molar-refractivity contribution in [3.8, 4) is 0 Å². The molecule has 1 N–H and O–H groups in total. The number of hydrogen-bond donors (Lipinski definition) is 1. The third-order valence-electron chi connectivity index (χ3n) is 2.77. The van der Waals surface area contributed by atoms with E-state index in [9.17, 15) is 4.79 Å². The fraction of sp³-hybridized carbons (Fsp3) is 0.286. The van der Waals surface area contributed by atoms with Crippen LogP contribution >= 0.6 is 33.9 Å². The predicted molar refractivity (Wildman–Crippen MR) is 88.1 cm³/mol. The van der Waals surface area contributed by atoms with Gasteiger partial charge in [-0.2, -0.15) is 0 Å². The van der Waals surface area contributed by atoms with E-state index in [4.69, 9.17) is 0 Å². The molecule has 0 fully saturated rings. The van der Waals surface area contributed by atoms with Gasteiger partial charge in [-0.05, 0) is 47.1 Å². The summed E-state index contributed by atoms with van der Waals surface area (Å²) in [7, 11) is 0. The topological polar surface area (TPSA) is 42.0 Å². The van der Waals surface area contributed by atoms with E-state index in [0.29, 0.717) is 16.6 Å². The van der Waals surface area contributed by atoms with Crippen LogP contribution in [0.25, 0.3) is 0 Å². The molecule has 1 amide bonds. The molecule has 1 aromatic carbocycles. The molecule has 0 radical (unpaired) electrons. The van der Waals surface area contributed by atoms with E-state index in [0.717, 1.165) is 14.8 Å². The van der Waals surface area contributed by atoms with E-state index in [1.165, 1.54) is 11.3 Å². The van der Waals surface area contributed by atoms with Gasteiger partial charge >= 0.3 is 0 Å². The highest BCUT2D eigenvalue weighted by Crippen LogP contribution is 2.23. The number of thiazole rings is 1. The first-order valence-electron chi connectivity index (χ1n) is 6.01. The Bertz CT molecular complexity index is 607. The second-order valence-corrected chi connectivity index (χ2v) is 6.56. The lowest BCUT2D eigenvalue weighted by Crippen LogP contribution is -2.13. The maximum Gasteiger partial charge on any atom is 0.258 e. The minimum absolute atomic E-state index is 0.0993. The zero-order chi connectivity index (χ0) is 14.0. The van der Waals surface area contributed by atoms with Gasteiger partial charge in [-0.25, -0.2) is 4.98 Å². The monoisotopic (exact) mass is 386 g/mol. The van der Waals surface area contributed by atoms with Crippen molar-refractivity contribution < 1.29 is 4.79 Å². The van der Waals surface area contributed by atoms with Crippen LogP contribution in [0, 0.1) is 10.5 Å². The van der Waals surface area contributed by atoms with E-state index in [1.807, 2.05) is 30.5 Å². The lowest BCUT2D eigenvalue weighted by atomic mass is 10.1. The lowest BCUT2D eigenvalue weighted by Gasteiger charge is -2.06. The third kappa shape index (κ3) is 3.33. The summed E-state index contributed by atoms with van der Waals surface area (Å²) >= 11 is 3.67. The molecule has 0 aliphatic rings. The van der Waals surface area contributed by atoms with Crippen LogP contribution in [0.4, 0.5) is 5.13 Å². The van der Waals surface area contributed by atoms with Gasteiger partial charge in [0.25, 0.3) is 5.91 Å². The lowest BCUT2D eigenvalue weighted by molar-refractivity contribution is 0.102. The Morgan fingerprint density at radius 1 is 1.42 bits per heavy atom. The maximum atomic E-state index is 12.2. The summed E-state index contributed by atoms with van der Waals surface area (Å²) in [5.74, 6) is 0.277. The fourth-order valence-corrected chi connectivity index (χ4v) is 3.07. The van der Waals surface area contributed by atoms with Crippen LogP contribution in [0.1, 0.15) is 41.4 Å². The van der Waals surface area contributed by atoms with Gasteiger partial charge in [0.05, 0.1) is 11.3 Å². The Morgan fingerprint density at radius 3 is 2.79 bits per heavy atom. The van der Waals surface area contributed by atoms with Crippen molar-refractivity contribution in [1.29, 1.82) is 0 Å². The number of aromatic nitrogens is 1. The molecule has 19 heavy (non-hydrogen) atoms. The normalized spacial score (nSPS) is 10.8. The molecular weight excluding hydrogens is 371 g/mol. The van der Waals surface area contributed by atoms with Crippen molar-refractivity contribution in [1.82, 2.24) is 4.98 Å². The maximum absolute atomic E-state index is 12.2. The van der Waals surface area contributed by atoms with E-state index < -0.39 is 0 Å². The smallest absolute Gasteiger partial charge is 0.258 e. The van der Waals surface area contributed by atoms with Gasteiger partial charge in [0.1, 0.15) is 0 Å². The highest BCUT2D eigenvalue weighted by molar-refractivity contribution is 14.1. The molecule has 1 aromatic heterocycles. The summed E-state index contributed by atoms with van der Waals surface area (Å²) in [6.07, 6.45) is 0. The average molecular weight is 386 g/mol. The molecule has 3 nitrogen and oxygen atoms in total. The summed E-state index contributed by atoms with van der Waals surface area (Å²) in [6.45, 7) is 6.17. The molecule has 0 spiro atoms. The molecule has 0 unspecified atom stereocenters. The Balaban J connectivity index is 2.18. The number of anilines is 1. The van der Waals surface area contributed by atoms with E-state index in [1.54, 1.807) is 0 Å². The van der Waals surface area contributed by atoms with E-state index in [2.05, 4.69) is 46.7 Å². The first-order chi connectivity index (χ1) is 8.99. The molecule has 0 aliphatic carbocycles. The largest absolute Gasteiger partial charge is 0.298 e. The van der Waals surface area contributed by atoms with Gasteiger partial charge in [-0.1, -0.05) is 26.0 Å². The van der Waals surface area contributed by atoms with Crippen LogP contribution in [0.3, 0.4) is 0 Å². The molecule has 0 aliphatic heterocycles. The molecule has 2 aromatic rings. The van der Waals surface area contributed by atoms with Crippen molar-refractivity contribution in [2.45, 2.75) is 26.7 Å². The van der Waals surface area contributed by atoms with Crippen molar-refractivity contribution >= 4 is 45.0 Å². The highest BCUT2D eigenvalue weighted by atomic mass is 127. The van der Waals surface area contributed by atoms with Gasteiger partial charge in [-0.15, -0.1) is 11.3 Å². The number of carbonyl (C=O) groups is 1. The molecule has 0 bridgehead atoms. The Labute approximate surface area is 130 Å². The highest BCUT2D eigenvalue weighted by Gasteiger charge is 2.13. The van der Waals surface area contributed by atoms with Crippen LogP contribution in [0.5, 0.6) is 0 Å². The minimum atomic E-state index is -0.0993. The number of nitrogens with zero attached hydrogens (tertiary/aromatic N) is 1. The van der Waals surface area contributed by atoms with E-state index >= 15 is 0 Å². The second kappa shape index (κ2) is 6.00. The van der Waals surface area contributed by atoms with Crippen LogP contribution in [-0.2, 0) is 0 Å². The number of benzene rings is 1. The first kappa shape index (κ1) is 14.5. The van der Waals surface area contributed by atoms with Crippen molar-refractivity contribution in [3.05, 3.63) is 44.0 Å². The number of nitrogens with one attached hydrogen (secondary N) is 1. The summed E-state index contributed by atoms with van der Waals surface area (Å²) in [6, 6.07) is 5.73. The minimum Gasteiger partial charge on any atom is -0.298 e. The van der Waals surface area contributed by atoms with Crippen molar-refractivity contribution in [2.75, 3.05) is 5.32 Å². The second-order valence-electron chi connectivity index (χ2n) is 4.62. The summed E-state index contributed by atoms with van der Waals surface area (Å²) in [5, 5.41) is 5.51. The predicted octanol–water partition coefficient (Wildman–Crippen LogP) is 4.43. The van der Waals surface area contributed by atoms with Crippen molar-refractivity contribution in [2.24, 2.45) is 0 Å². The van der Waals surface area contributed by atoms with E-state index in [-0.39, 0.29) is 5.91 Å². The molecule has 0 saturated carbocycles.